The molecule has 1 aliphatic heterocycles. The topological polar surface area (TPSA) is 60.5 Å². The Kier molecular flexibility index (Phi) is 6.10. The lowest BCUT2D eigenvalue weighted by Crippen LogP contribution is -2.31. The summed E-state index contributed by atoms with van der Waals surface area (Å²) in [5.74, 6) is 1.85. The first-order valence-electron chi connectivity index (χ1n) is 9.21. The number of carbonyl (C=O) groups excluding carboxylic acids is 1. The van der Waals surface area contributed by atoms with Crippen LogP contribution in [0.3, 0.4) is 0 Å². The quantitative estimate of drug-likeness (QED) is 0.859. The third-order valence-electron chi connectivity index (χ3n) is 4.50. The number of aromatic nitrogens is 1. The Morgan fingerprint density at radius 1 is 1.12 bits per heavy atom. The number of hydrogen-bond acceptors (Lipinski definition) is 4. The van der Waals surface area contributed by atoms with Gasteiger partial charge in [-0.3, -0.25) is 9.78 Å². The molecule has 0 saturated heterocycles. The average Bonchev–Trinajstić information content (AvgIpc) is 2.90. The van der Waals surface area contributed by atoms with Crippen molar-refractivity contribution in [2.24, 2.45) is 5.92 Å². The van der Waals surface area contributed by atoms with Crippen LogP contribution < -0.4 is 14.8 Å². The Morgan fingerprint density at radius 2 is 1.85 bits per heavy atom. The zero-order valence-corrected chi connectivity index (χ0v) is 15.4. The van der Waals surface area contributed by atoms with Gasteiger partial charge in [0.2, 0.25) is 5.91 Å². The van der Waals surface area contributed by atoms with E-state index in [1.165, 1.54) is 0 Å². The lowest BCUT2D eigenvalue weighted by molar-refractivity contribution is -0.122. The second kappa shape index (κ2) is 8.70. The van der Waals surface area contributed by atoms with Gasteiger partial charge in [0.15, 0.2) is 11.5 Å². The Morgan fingerprint density at radius 3 is 2.58 bits per heavy atom. The number of rotatable bonds is 6. The Bertz CT molecular complexity index is 731. The fourth-order valence-corrected chi connectivity index (χ4v) is 3.06. The summed E-state index contributed by atoms with van der Waals surface area (Å²) in [7, 11) is 0. The van der Waals surface area contributed by atoms with Crippen molar-refractivity contribution in [1.29, 1.82) is 0 Å². The third kappa shape index (κ3) is 4.75. The molecule has 26 heavy (non-hydrogen) atoms. The third-order valence-corrected chi connectivity index (χ3v) is 4.50. The van der Waals surface area contributed by atoms with Crippen LogP contribution in [0.2, 0.25) is 0 Å². The van der Waals surface area contributed by atoms with E-state index in [1.807, 2.05) is 30.3 Å². The van der Waals surface area contributed by atoms with Gasteiger partial charge in [0, 0.05) is 25.2 Å². The summed E-state index contributed by atoms with van der Waals surface area (Å²) in [5.41, 5.74) is 2.16. The summed E-state index contributed by atoms with van der Waals surface area (Å²) in [6, 6.07) is 9.77. The minimum atomic E-state index is -0.0582. The molecular weight excluding hydrogens is 328 g/mol. The Hall–Kier alpha value is -2.56. The van der Waals surface area contributed by atoms with Crippen LogP contribution in [0.25, 0.3) is 0 Å². The predicted octanol–water partition coefficient (Wildman–Crippen LogP) is 3.69. The number of aryl methyl sites for hydroxylation is 1. The molecule has 0 fully saturated rings. The number of nitrogens with one attached hydrogen (secondary N) is 1. The van der Waals surface area contributed by atoms with Crippen LogP contribution in [0.15, 0.2) is 42.7 Å². The zero-order chi connectivity index (χ0) is 18.4. The molecule has 138 valence electrons. The number of benzene rings is 1. The second-order valence-electron chi connectivity index (χ2n) is 6.90. The number of fused-ring (bicyclic) bond motifs is 1. The summed E-state index contributed by atoms with van der Waals surface area (Å²) in [6.45, 7) is 5.54. The van der Waals surface area contributed by atoms with Gasteiger partial charge in [-0.15, -0.1) is 0 Å². The van der Waals surface area contributed by atoms with Gasteiger partial charge >= 0.3 is 0 Å². The minimum absolute atomic E-state index is 0.0487. The number of hydrogen-bond donors (Lipinski definition) is 1. The molecule has 2 aromatic rings. The van der Waals surface area contributed by atoms with E-state index in [9.17, 15) is 4.79 Å². The maximum atomic E-state index is 12.5. The monoisotopic (exact) mass is 354 g/mol. The molecule has 0 radical (unpaired) electrons. The molecule has 0 aliphatic carbocycles. The molecule has 1 aliphatic rings. The molecule has 0 spiro atoms. The fourth-order valence-electron chi connectivity index (χ4n) is 3.06. The first-order chi connectivity index (χ1) is 12.6. The molecule has 1 aromatic heterocycles. The summed E-state index contributed by atoms with van der Waals surface area (Å²) in [4.78, 5) is 16.5. The number of nitrogens with zero attached hydrogens (tertiary/aromatic N) is 1. The van der Waals surface area contributed by atoms with E-state index in [-0.39, 0.29) is 17.9 Å². The molecule has 1 amide bonds. The van der Waals surface area contributed by atoms with Crippen molar-refractivity contribution < 1.29 is 14.3 Å². The van der Waals surface area contributed by atoms with Crippen LogP contribution in [-0.4, -0.2) is 24.1 Å². The van der Waals surface area contributed by atoms with Gasteiger partial charge in [0.05, 0.1) is 19.3 Å². The van der Waals surface area contributed by atoms with Gasteiger partial charge in [0.25, 0.3) is 0 Å². The van der Waals surface area contributed by atoms with Crippen LogP contribution >= 0.6 is 0 Å². The number of pyridine rings is 1. The highest BCUT2D eigenvalue weighted by Gasteiger charge is 2.21. The van der Waals surface area contributed by atoms with Crippen molar-refractivity contribution in [2.75, 3.05) is 13.2 Å². The molecule has 1 aromatic carbocycles. The van der Waals surface area contributed by atoms with Crippen molar-refractivity contribution in [1.82, 2.24) is 10.3 Å². The van der Waals surface area contributed by atoms with E-state index >= 15 is 0 Å². The highest BCUT2D eigenvalue weighted by Crippen LogP contribution is 2.34. The van der Waals surface area contributed by atoms with Crippen LogP contribution in [0.1, 0.15) is 43.9 Å². The predicted molar refractivity (Wildman–Crippen MR) is 100 cm³/mol. The van der Waals surface area contributed by atoms with E-state index in [1.54, 1.807) is 12.4 Å². The van der Waals surface area contributed by atoms with Crippen molar-refractivity contribution in [3.63, 3.8) is 0 Å². The van der Waals surface area contributed by atoms with E-state index in [0.717, 1.165) is 29.0 Å². The van der Waals surface area contributed by atoms with Crippen LogP contribution in [0.5, 0.6) is 11.5 Å². The summed E-state index contributed by atoms with van der Waals surface area (Å²) < 4.78 is 11.5. The maximum absolute atomic E-state index is 12.5. The minimum Gasteiger partial charge on any atom is -0.490 e. The molecule has 3 rings (SSSR count). The molecule has 0 bridgehead atoms. The van der Waals surface area contributed by atoms with Crippen molar-refractivity contribution in [2.45, 2.75) is 39.2 Å². The number of amides is 1. The van der Waals surface area contributed by atoms with E-state index in [0.29, 0.717) is 26.1 Å². The summed E-state index contributed by atoms with van der Waals surface area (Å²) in [6.07, 6.45) is 5.55. The number of ether oxygens (including phenoxy) is 2. The van der Waals surface area contributed by atoms with Gasteiger partial charge in [-0.1, -0.05) is 19.9 Å². The molecular formula is C21H26N2O3. The van der Waals surface area contributed by atoms with Gasteiger partial charge in [-0.05, 0) is 47.7 Å². The van der Waals surface area contributed by atoms with E-state index < -0.39 is 0 Å². The largest absolute Gasteiger partial charge is 0.490 e. The molecule has 5 nitrogen and oxygen atoms in total. The van der Waals surface area contributed by atoms with Crippen molar-refractivity contribution >= 4 is 5.91 Å². The van der Waals surface area contributed by atoms with Crippen molar-refractivity contribution in [3.05, 3.63) is 53.9 Å². The highest BCUT2D eigenvalue weighted by molar-refractivity contribution is 5.76. The first kappa shape index (κ1) is 18.2. The molecule has 5 heteroatoms. The lowest BCUT2D eigenvalue weighted by atomic mass is 9.95. The first-order valence-corrected chi connectivity index (χ1v) is 9.21. The molecule has 2 heterocycles. The normalized spacial score (nSPS) is 14.6. The lowest BCUT2D eigenvalue weighted by Gasteiger charge is -2.24. The summed E-state index contributed by atoms with van der Waals surface area (Å²) in [5, 5.41) is 3.17. The average molecular weight is 354 g/mol. The molecule has 0 saturated carbocycles. The van der Waals surface area contributed by atoms with Gasteiger partial charge in [0.1, 0.15) is 0 Å². The van der Waals surface area contributed by atoms with Crippen LogP contribution in [0, 0.1) is 5.92 Å². The Balaban J connectivity index is 1.67. The standard InChI is InChI=1S/C21H26N2O3/c1-15(2)21(23-20(24)7-4-16-8-10-22-11-9-16)17-5-6-18-19(14-17)26-13-3-12-25-18/h5-6,8-11,14-15,21H,3-4,7,12-13H2,1-2H3,(H,23,24). The SMILES string of the molecule is CC(C)C(NC(=O)CCc1ccncc1)c1ccc2c(c1)OCCCO2. The Labute approximate surface area is 154 Å². The van der Waals surface area contributed by atoms with Crippen LogP contribution in [-0.2, 0) is 11.2 Å². The molecule has 1 atom stereocenters. The van der Waals surface area contributed by atoms with Gasteiger partial charge < -0.3 is 14.8 Å². The summed E-state index contributed by atoms with van der Waals surface area (Å²) >= 11 is 0. The highest BCUT2D eigenvalue weighted by atomic mass is 16.5. The van der Waals surface area contributed by atoms with Crippen LogP contribution in [0.4, 0.5) is 0 Å². The second-order valence-corrected chi connectivity index (χ2v) is 6.90. The van der Waals surface area contributed by atoms with Gasteiger partial charge in [-0.2, -0.15) is 0 Å². The zero-order valence-electron chi connectivity index (χ0n) is 15.4. The van der Waals surface area contributed by atoms with Crippen molar-refractivity contribution in [3.8, 4) is 11.5 Å². The van der Waals surface area contributed by atoms with Gasteiger partial charge in [-0.25, -0.2) is 0 Å². The molecule has 1 unspecified atom stereocenters. The number of carbonyl (C=O) groups is 1. The smallest absolute Gasteiger partial charge is 0.220 e. The van der Waals surface area contributed by atoms with E-state index in [2.05, 4.69) is 24.1 Å². The molecule has 1 N–H and O–H groups in total. The van der Waals surface area contributed by atoms with E-state index in [4.69, 9.17) is 9.47 Å². The maximum Gasteiger partial charge on any atom is 0.220 e. The fraction of sp³-hybridized carbons (Fsp3) is 0.429.